The topological polar surface area (TPSA) is 41.5 Å². The molecule has 1 aliphatic heterocycles. The fraction of sp³-hybridized carbons (Fsp3) is 0.400. The van der Waals surface area contributed by atoms with E-state index in [9.17, 15) is 4.79 Å². The van der Waals surface area contributed by atoms with Gasteiger partial charge in [0.15, 0.2) is 0 Å². The molecule has 0 aromatic heterocycles. The highest BCUT2D eigenvalue weighted by Crippen LogP contribution is 2.21. The summed E-state index contributed by atoms with van der Waals surface area (Å²) < 4.78 is 0. The SMILES string of the molecule is C=NC1=C(C(=C)C)CC(=O)N1.CC. The van der Waals surface area contributed by atoms with E-state index in [0.717, 1.165) is 11.1 Å². The number of carbonyl (C=O) groups excluding carboxylic acids is 1. The van der Waals surface area contributed by atoms with Crippen molar-refractivity contribution in [2.45, 2.75) is 27.2 Å². The Morgan fingerprint density at radius 3 is 2.38 bits per heavy atom. The first-order chi connectivity index (χ1) is 6.15. The Hall–Kier alpha value is -1.38. The highest BCUT2D eigenvalue weighted by atomic mass is 16.1. The Kier molecular flexibility index (Phi) is 4.74. The summed E-state index contributed by atoms with van der Waals surface area (Å²) in [6, 6.07) is 0. The van der Waals surface area contributed by atoms with Gasteiger partial charge in [0.25, 0.3) is 0 Å². The van der Waals surface area contributed by atoms with Gasteiger partial charge < -0.3 is 5.32 Å². The number of rotatable bonds is 2. The second kappa shape index (κ2) is 5.30. The van der Waals surface area contributed by atoms with E-state index in [1.54, 1.807) is 0 Å². The first-order valence-corrected chi connectivity index (χ1v) is 4.30. The van der Waals surface area contributed by atoms with Gasteiger partial charge in [-0.2, -0.15) is 0 Å². The molecule has 0 aromatic rings. The number of nitrogens with one attached hydrogen (secondary N) is 1. The summed E-state index contributed by atoms with van der Waals surface area (Å²) in [5.74, 6) is 0.521. The number of carbonyl (C=O) groups is 1. The predicted octanol–water partition coefficient (Wildman–Crippen LogP) is 2.02. The highest BCUT2D eigenvalue weighted by Gasteiger charge is 2.19. The lowest BCUT2D eigenvalue weighted by Crippen LogP contribution is -2.13. The summed E-state index contributed by atoms with van der Waals surface area (Å²) in [4.78, 5) is 14.5. The van der Waals surface area contributed by atoms with Gasteiger partial charge in [0.1, 0.15) is 5.82 Å². The number of hydrogen-bond acceptors (Lipinski definition) is 2. The van der Waals surface area contributed by atoms with Crippen LogP contribution in [0.3, 0.4) is 0 Å². The van der Waals surface area contributed by atoms with Crippen LogP contribution in [0.5, 0.6) is 0 Å². The van der Waals surface area contributed by atoms with Crippen molar-refractivity contribution in [3.05, 3.63) is 23.5 Å². The standard InChI is InChI=1S/C8H10N2O.C2H6/c1-5(2)6-4-7(11)10-8(6)9-3;1-2/h1,3-4H2,2H3,(H,10,11);1-2H3. The van der Waals surface area contributed by atoms with E-state index in [1.807, 2.05) is 20.8 Å². The molecule has 1 aliphatic rings. The molecule has 0 bridgehead atoms. The second-order valence-electron chi connectivity index (χ2n) is 2.49. The van der Waals surface area contributed by atoms with Crippen molar-refractivity contribution in [1.29, 1.82) is 0 Å². The maximum Gasteiger partial charge on any atom is 0.230 e. The lowest BCUT2D eigenvalue weighted by Gasteiger charge is -1.97. The van der Waals surface area contributed by atoms with Crippen molar-refractivity contribution in [3.63, 3.8) is 0 Å². The lowest BCUT2D eigenvalue weighted by molar-refractivity contribution is -0.118. The minimum atomic E-state index is -0.0367. The van der Waals surface area contributed by atoms with E-state index < -0.39 is 0 Å². The summed E-state index contributed by atoms with van der Waals surface area (Å²) in [7, 11) is 0. The third kappa shape index (κ3) is 2.86. The summed E-state index contributed by atoms with van der Waals surface area (Å²) in [6.45, 7) is 12.9. The Morgan fingerprint density at radius 1 is 1.54 bits per heavy atom. The molecule has 0 unspecified atom stereocenters. The van der Waals surface area contributed by atoms with Gasteiger partial charge in [0.2, 0.25) is 5.91 Å². The molecule has 0 aromatic carbocycles. The molecule has 3 heteroatoms. The van der Waals surface area contributed by atoms with Crippen LogP contribution in [-0.4, -0.2) is 12.6 Å². The third-order valence-electron chi connectivity index (χ3n) is 1.55. The number of hydrogen-bond donors (Lipinski definition) is 1. The molecule has 1 rings (SSSR count). The number of nitrogens with zero attached hydrogens (tertiary/aromatic N) is 1. The second-order valence-corrected chi connectivity index (χ2v) is 2.49. The fourth-order valence-electron chi connectivity index (χ4n) is 0.984. The van der Waals surface area contributed by atoms with Crippen LogP contribution in [0.15, 0.2) is 28.5 Å². The zero-order valence-corrected chi connectivity index (χ0v) is 8.48. The summed E-state index contributed by atoms with van der Waals surface area (Å²) >= 11 is 0. The molecule has 13 heavy (non-hydrogen) atoms. The molecule has 0 aliphatic carbocycles. The zero-order valence-electron chi connectivity index (χ0n) is 8.48. The molecular weight excluding hydrogens is 164 g/mol. The summed E-state index contributed by atoms with van der Waals surface area (Å²) in [5, 5.41) is 2.59. The molecule has 0 fully saturated rings. The minimum Gasteiger partial charge on any atom is -0.310 e. The molecular formula is C10H16N2O. The molecule has 1 amide bonds. The van der Waals surface area contributed by atoms with Crippen molar-refractivity contribution in [2.75, 3.05) is 0 Å². The van der Waals surface area contributed by atoms with Gasteiger partial charge in [-0.05, 0) is 13.6 Å². The number of amides is 1. The Balaban J connectivity index is 0.000000671. The maximum atomic E-state index is 10.8. The fourth-order valence-corrected chi connectivity index (χ4v) is 0.984. The zero-order chi connectivity index (χ0) is 10.4. The quantitative estimate of drug-likeness (QED) is 0.649. The van der Waals surface area contributed by atoms with Gasteiger partial charge in [-0.15, -0.1) is 0 Å². The van der Waals surface area contributed by atoms with E-state index in [-0.39, 0.29) is 5.91 Å². The van der Waals surface area contributed by atoms with Gasteiger partial charge in [-0.25, -0.2) is 4.99 Å². The highest BCUT2D eigenvalue weighted by molar-refractivity contribution is 5.85. The molecule has 1 heterocycles. The van der Waals surface area contributed by atoms with Crippen LogP contribution < -0.4 is 5.32 Å². The van der Waals surface area contributed by atoms with Crippen LogP contribution in [0.2, 0.25) is 0 Å². The maximum absolute atomic E-state index is 10.8. The molecule has 1 N–H and O–H groups in total. The molecule has 0 spiro atoms. The van der Waals surface area contributed by atoms with Crippen molar-refractivity contribution in [3.8, 4) is 0 Å². The monoisotopic (exact) mass is 180 g/mol. The number of aliphatic imine (C=N–C) groups is 1. The van der Waals surface area contributed by atoms with Crippen LogP contribution in [0, 0.1) is 0 Å². The van der Waals surface area contributed by atoms with Crippen LogP contribution in [0.1, 0.15) is 27.2 Å². The smallest absolute Gasteiger partial charge is 0.230 e. The average Bonchev–Trinajstić information content (AvgIpc) is 2.50. The average molecular weight is 180 g/mol. The van der Waals surface area contributed by atoms with E-state index in [0.29, 0.717) is 12.2 Å². The molecule has 72 valence electrons. The molecule has 0 radical (unpaired) electrons. The van der Waals surface area contributed by atoms with Crippen molar-refractivity contribution in [2.24, 2.45) is 4.99 Å². The molecule has 0 saturated heterocycles. The Bertz CT molecular complexity index is 264. The van der Waals surface area contributed by atoms with E-state index >= 15 is 0 Å². The largest absolute Gasteiger partial charge is 0.310 e. The summed E-state index contributed by atoms with van der Waals surface area (Å²) in [5.41, 5.74) is 1.73. The Labute approximate surface area is 79.3 Å². The van der Waals surface area contributed by atoms with Crippen LogP contribution >= 0.6 is 0 Å². The van der Waals surface area contributed by atoms with Crippen molar-refractivity contribution < 1.29 is 4.79 Å². The van der Waals surface area contributed by atoms with Gasteiger partial charge >= 0.3 is 0 Å². The van der Waals surface area contributed by atoms with Crippen LogP contribution in [0.4, 0.5) is 0 Å². The first-order valence-electron chi connectivity index (χ1n) is 4.30. The van der Waals surface area contributed by atoms with E-state index in [4.69, 9.17) is 0 Å². The van der Waals surface area contributed by atoms with Crippen molar-refractivity contribution >= 4 is 12.6 Å². The van der Waals surface area contributed by atoms with Gasteiger partial charge in [-0.3, -0.25) is 4.79 Å². The minimum absolute atomic E-state index is 0.0367. The van der Waals surface area contributed by atoms with Crippen LogP contribution in [0.25, 0.3) is 0 Å². The number of allylic oxidation sites excluding steroid dienone is 1. The molecule has 0 saturated carbocycles. The van der Waals surface area contributed by atoms with Gasteiger partial charge in [0.05, 0.1) is 6.42 Å². The van der Waals surface area contributed by atoms with E-state index in [1.165, 1.54) is 0 Å². The van der Waals surface area contributed by atoms with E-state index in [2.05, 4.69) is 23.6 Å². The predicted molar refractivity (Wildman–Crippen MR) is 55.5 cm³/mol. The van der Waals surface area contributed by atoms with Crippen LogP contribution in [-0.2, 0) is 4.79 Å². The summed E-state index contributed by atoms with van der Waals surface area (Å²) in [6.07, 6.45) is 0.379. The lowest BCUT2D eigenvalue weighted by atomic mass is 10.1. The van der Waals surface area contributed by atoms with Gasteiger partial charge in [0, 0.05) is 5.57 Å². The van der Waals surface area contributed by atoms with Gasteiger partial charge in [-0.1, -0.05) is 26.0 Å². The Morgan fingerprint density at radius 2 is 2.08 bits per heavy atom. The molecule has 0 atom stereocenters. The third-order valence-corrected chi connectivity index (χ3v) is 1.55. The first kappa shape index (κ1) is 11.6. The normalized spacial score (nSPS) is 14.5. The molecule has 3 nitrogen and oxygen atoms in total. The van der Waals surface area contributed by atoms with Crippen molar-refractivity contribution in [1.82, 2.24) is 5.32 Å².